The third-order valence-electron chi connectivity index (χ3n) is 5.49. The van der Waals surface area contributed by atoms with Crippen LogP contribution >= 0.6 is 11.3 Å². The predicted molar refractivity (Wildman–Crippen MR) is 117 cm³/mol. The Morgan fingerprint density at radius 1 is 1.27 bits per heavy atom. The van der Waals surface area contributed by atoms with Crippen LogP contribution in [0, 0.1) is 6.92 Å². The maximum Gasteiger partial charge on any atom is 0.259 e. The van der Waals surface area contributed by atoms with Gasteiger partial charge in [-0.15, -0.1) is 11.3 Å². The van der Waals surface area contributed by atoms with E-state index in [2.05, 4.69) is 44.6 Å². The van der Waals surface area contributed by atoms with Crippen molar-refractivity contribution in [1.29, 1.82) is 0 Å². The number of amides is 1. The van der Waals surface area contributed by atoms with Crippen LogP contribution in [0.4, 0.5) is 0 Å². The number of nitrogens with one attached hydrogen (secondary N) is 1. The number of nitrogens with zero attached hydrogens (tertiary/aromatic N) is 3. The molecule has 6 nitrogen and oxygen atoms in total. The summed E-state index contributed by atoms with van der Waals surface area (Å²) in [4.78, 5) is 21.2. The Morgan fingerprint density at radius 2 is 2.13 bits per heavy atom. The highest BCUT2D eigenvalue weighted by molar-refractivity contribution is 7.13. The molecule has 0 radical (unpaired) electrons. The monoisotopic (exact) mass is 418 g/mol. The molecular weight excluding hydrogens is 396 g/mol. The van der Waals surface area contributed by atoms with Crippen molar-refractivity contribution >= 4 is 28.3 Å². The molecular formula is C23H22N4O2S. The lowest BCUT2D eigenvalue weighted by atomic mass is 10.1. The predicted octanol–water partition coefficient (Wildman–Crippen LogP) is 4.26. The van der Waals surface area contributed by atoms with Crippen LogP contribution in [-0.2, 0) is 6.54 Å². The van der Waals surface area contributed by atoms with Crippen molar-refractivity contribution in [1.82, 2.24) is 20.4 Å². The van der Waals surface area contributed by atoms with Gasteiger partial charge in [-0.05, 0) is 36.4 Å². The van der Waals surface area contributed by atoms with Crippen molar-refractivity contribution < 1.29 is 9.32 Å². The Bertz CT molecular complexity index is 1170. The minimum atomic E-state index is -0.0990. The van der Waals surface area contributed by atoms with Crippen LogP contribution in [0.3, 0.4) is 0 Å². The summed E-state index contributed by atoms with van der Waals surface area (Å²) in [6.07, 6.45) is 0.938. The van der Waals surface area contributed by atoms with Crippen LogP contribution in [-0.4, -0.2) is 40.1 Å². The van der Waals surface area contributed by atoms with Crippen LogP contribution in [0.2, 0.25) is 0 Å². The van der Waals surface area contributed by atoms with Gasteiger partial charge in [0.05, 0.1) is 27.2 Å². The number of carbonyl (C=O) groups excluding carboxylic acids is 1. The third kappa shape index (κ3) is 3.74. The average Bonchev–Trinajstić information content (AvgIpc) is 3.51. The molecule has 1 N–H and O–H groups in total. The van der Waals surface area contributed by atoms with Crippen molar-refractivity contribution in [2.24, 2.45) is 0 Å². The van der Waals surface area contributed by atoms with E-state index in [1.807, 2.05) is 36.6 Å². The Balaban J connectivity index is 1.35. The van der Waals surface area contributed by atoms with Gasteiger partial charge in [0, 0.05) is 25.7 Å². The number of benzene rings is 1. The Morgan fingerprint density at radius 3 is 2.93 bits per heavy atom. The van der Waals surface area contributed by atoms with Crippen LogP contribution in [0.5, 0.6) is 0 Å². The van der Waals surface area contributed by atoms with Crippen LogP contribution in [0.15, 0.2) is 58.4 Å². The van der Waals surface area contributed by atoms with E-state index in [1.165, 1.54) is 5.56 Å². The number of rotatable bonds is 5. The number of hydrogen-bond donors (Lipinski definition) is 1. The number of likely N-dealkylation sites (tertiary alicyclic amines) is 1. The van der Waals surface area contributed by atoms with E-state index < -0.39 is 0 Å². The maximum atomic E-state index is 13.2. The SMILES string of the molecule is Cc1noc2nc(-c3cccs3)cc(C(=O)NC3CCN(Cc4ccccc4)C3)c12. The van der Waals surface area contributed by atoms with Crippen molar-refractivity contribution in [2.45, 2.75) is 25.9 Å². The minimum Gasteiger partial charge on any atom is -0.348 e. The summed E-state index contributed by atoms with van der Waals surface area (Å²) < 4.78 is 5.39. The molecule has 1 aliphatic rings. The van der Waals surface area contributed by atoms with E-state index in [1.54, 1.807) is 11.3 Å². The second-order valence-corrected chi connectivity index (χ2v) is 8.61. The largest absolute Gasteiger partial charge is 0.348 e. The van der Waals surface area contributed by atoms with Gasteiger partial charge in [0.25, 0.3) is 11.6 Å². The van der Waals surface area contributed by atoms with Gasteiger partial charge in [-0.2, -0.15) is 0 Å². The second kappa shape index (κ2) is 8.01. The molecule has 0 saturated carbocycles. The molecule has 5 rings (SSSR count). The normalized spacial score (nSPS) is 16.9. The molecule has 1 aliphatic heterocycles. The van der Waals surface area contributed by atoms with Gasteiger partial charge in [0.1, 0.15) is 0 Å². The molecule has 1 aromatic carbocycles. The van der Waals surface area contributed by atoms with E-state index in [-0.39, 0.29) is 11.9 Å². The first-order valence-corrected chi connectivity index (χ1v) is 10.9. The summed E-state index contributed by atoms with van der Waals surface area (Å²) >= 11 is 1.58. The number of aryl methyl sites for hydroxylation is 1. The van der Waals surface area contributed by atoms with E-state index in [0.717, 1.165) is 36.6 Å². The fourth-order valence-electron chi connectivity index (χ4n) is 4.02. The summed E-state index contributed by atoms with van der Waals surface area (Å²) in [5, 5.41) is 9.93. The van der Waals surface area contributed by atoms with Crippen LogP contribution in [0.25, 0.3) is 21.7 Å². The highest BCUT2D eigenvalue weighted by Crippen LogP contribution is 2.29. The molecule has 152 valence electrons. The standard InChI is InChI=1S/C23H22N4O2S/c1-15-21-18(12-19(20-8-5-11-30-20)25-23(21)29-26-15)22(28)24-17-9-10-27(14-17)13-16-6-3-2-4-7-16/h2-8,11-12,17H,9-10,13-14H2,1H3,(H,24,28). The van der Waals surface area contributed by atoms with E-state index >= 15 is 0 Å². The number of pyridine rings is 1. The van der Waals surface area contributed by atoms with Crippen LogP contribution in [0.1, 0.15) is 28.0 Å². The number of carbonyl (C=O) groups is 1. The molecule has 0 bridgehead atoms. The molecule has 1 amide bonds. The Labute approximate surface area is 178 Å². The zero-order chi connectivity index (χ0) is 20.5. The highest BCUT2D eigenvalue weighted by Gasteiger charge is 2.26. The molecule has 1 fully saturated rings. The Kier molecular flexibility index (Phi) is 5.06. The summed E-state index contributed by atoms with van der Waals surface area (Å²) in [7, 11) is 0. The molecule has 1 saturated heterocycles. The quantitative estimate of drug-likeness (QED) is 0.524. The Hall–Kier alpha value is -3.03. The van der Waals surface area contributed by atoms with Gasteiger partial charge in [0.15, 0.2) is 0 Å². The highest BCUT2D eigenvalue weighted by atomic mass is 32.1. The van der Waals surface area contributed by atoms with Crippen molar-refractivity contribution in [3.05, 3.63) is 70.7 Å². The summed E-state index contributed by atoms with van der Waals surface area (Å²) in [5.41, 5.74) is 3.68. The minimum absolute atomic E-state index is 0.0990. The lowest BCUT2D eigenvalue weighted by molar-refractivity contribution is 0.0939. The number of hydrogen-bond acceptors (Lipinski definition) is 6. The molecule has 3 aromatic heterocycles. The van der Waals surface area contributed by atoms with Crippen molar-refractivity contribution in [3.8, 4) is 10.6 Å². The second-order valence-electron chi connectivity index (χ2n) is 7.66. The first-order chi connectivity index (χ1) is 14.7. The fraction of sp³-hybridized carbons (Fsp3) is 0.261. The molecule has 0 spiro atoms. The summed E-state index contributed by atoms with van der Waals surface area (Å²) in [5.74, 6) is -0.0990. The van der Waals surface area contributed by atoms with Crippen molar-refractivity contribution in [3.63, 3.8) is 0 Å². The van der Waals surface area contributed by atoms with Crippen molar-refractivity contribution in [2.75, 3.05) is 13.1 Å². The van der Waals surface area contributed by atoms with Gasteiger partial charge < -0.3 is 9.84 Å². The van der Waals surface area contributed by atoms with E-state index in [0.29, 0.717) is 22.4 Å². The average molecular weight is 419 g/mol. The summed E-state index contributed by atoms with van der Waals surface area (Å²) in [6.45, 7) is 4.56. The number of aromatic nitrogens is 2. The first kappa shape index (κ1) is 19.0. The maximum absolute atomic E-state index is 13.2. The molecule has 4 heterocycles. The zero-order valence-electron chi connectivity index (χ0n) is 16.7. The topological polar surface area (TPSA) is 71.3 Å². The van der Waals surface area contributed by atoms with Gasteiger partial charge in [-0.25, -0.2) is 4.98 Å². The van der Waals surface area contributed by atoms with Gasteiger partial charge in [0.2, 0.25) is 0 Å². The van der Waals surface area contributed by atoms with E-state index in [9.17, 15) is 4.79 Å². The first-order valence-electron chi connectivity index (χ1n) is 10.1. The lowest BCUT2D eigenvalue weighted by Gasteiger charge is -2.17. The van der Waals surface area contributed by atoms with E-state index in [4.69, 9.17) is 4.52 Å². The van der Waals surface area contributed by atoms with Gasteiger partial charge >= 0.3 is 0 Å². The van der Waals surface area contributed by atoms with Gasteiger partial charge in [-0.3, -0.25) is 9.69 Å². The number of fused-ring (bicyclic) bond motifs is 1. The smallest absolute Gasteiger partial charge is 0.259 e. The van der Waals surface area contributed by atoms with Crippen LogP contribution < -0.4 is 5.32 Å². The molecule has 30 heavy (non-hydrogen) atoms. The zero-order valence-corrected chi connectivity index (χ0v) is 17.5. The fourth-order valence-corrected chi connectivity index (χ4v) is 4.71. The summed E-state index contributed by atoms with van der Waals surface area (Å²) in [6, 6.07) is 16.4. The third-order valence-corrected chi connectivity index (χ3v) is 6.38. The molecule has 7 heteroatoms. The molecule has 0 aliphatic carbocycles. The molecule has 4 aromatic rings. The number of thiophene rings is 1. The molecule has 1 atom stereocenters. The lowest BCUT2D eigenvalue weighted by Crippen LogP contribution is -2.37. The molecule has 1 unspecified atom stereocenters. The van der Waals surface area contributed by atoms with Gasteiger partial charge in [-0.1, -0.05) is 41.6 Å².